The monoisotopic (exact) mass is 530 g/mol. The zero-order chi connectivity index (χ0) is 27.5. The van der Waals surface area contributed by atoms with Gasteiger partial charge in [-0.15, -0.1) is 0 Å². The molecule has 0 unspecified atom stereocenters. The van der Waals surface area contributed by atoms with Crippen molar-refractivity contribution >= 4 is 17.5 Å². The molecule has 0 saturated carbocycles. The smallest absolute Gasteiger partial charge is 0.246 e. The summed E-state index contributed by atoms with van der Waals surface area (Å²) < 4.78 is 11.0. The van der Waals surface area contributed by atoms with Crippen LogP contribution < -0.4 is 15.8 Å². The third-order valence-electron chi connectivity index (χ3n) is 6.84. The summed E-state index contributed by atoms with van der Waals surface area (Å²) in [5, 5.41) is 3.49. The van der Waals surface area contributed by atoms with Gasteiger partial charge in [-0.2, -0.15) is 0 Å². The maximum Gasteiger partial charge on any atom is 0.246 e. The second-order valence-electron chi connectivity index (χ2n) is 9.73. The maximum absolute atomic E-state index is 12.6. The molecule has 0 spiro atoms. The Morgan fingerprint density at radius 3 is 2.54 bits per heavy atom. The first-order valence-electron chi connectivity index (χ1n) is 13.3. The van der Waals surface area contributed by atoms with Gasteiger partial charge in [-0.05, 0) is 55.6 Å². The first kappa shape index (κ1) is 28.1. The molecular formula is C30H38N6O3. The second kappa shape index (κ2) is 14.3. The number of likely N-dealkylation sites (tertiary alicyclic amines) is 1. The van der Waals surface area contributed by atoms with Crippen molar-refractivity contribution < 1.29 is 14.3 Å². The number of anilines is 2. The molecule has 3 N–H and O–H groups in total. The molecule has 0 bridgehead atoms. The van der Waals surface area contributed by atoms with Crippen LogP contribution in [0.2, 0.25) is 0 Å². The number of methoxy groups -OCH3 is 1. The lowest BCUT2D eigenvalue weighted by Gasteiger charge is -2.31. The highest BCUT2D eigenvalue weighted by Crippen LogP contribution is 2.33. The summed E-state index contributed by atoms with van der Waals surface area (Å²) in [6.45, 7) is 4.48. The number of amides is 1. The molecule has 1 aliphatic heterocycles. The van der Waals surface area contributed by atoms with Crippen LogP contribution in [0.15, 0.2) is 73.1 Å². The van der Waals surface area contributed by atoms with E-state index in [-0.39, 0.29) is 5.91 Å². The topological polar surface area (TPSA) is 106 Å². The van der Waals surface area contributed by atoms with Gasteiger partial charge in [0.2, 0.25) is 5.91 Å². The van der Waals surface area contributed by atoms with E-state index in [4.69, 9.17) is 15.2 Å². The molecular weight excluding hydrogens is 492 g/mol. The average Bonchev–Trinajstić information content (AvgIpc) is 2.96. The third kappa shape index (κ3) is 8.27. The molecule has 39 heavy (non-hydrogen) atoms. The molecule has 0 aliphatic carbocycles. The zero-order valence-electron chi connectivity index (χ0n) is 22.8. The normalized spacial score (nSPS) is 14.2. The van der Waals surface area contributed by atoms with E-state index in [0.29, 0.717) is 24.2 Å². The first-order valence-corrected chi connectivity index (χ1v) is 13.3. The lowest BCUT2D eigenvalue weighted by Crippen LogP contribution is -2.39. The van der Waals surface area contributed by atoms with Crippen LogP contribution in [-0.2, 0) is 9.53 Å². The predicted octanol–water partition coefficient (Wildman–Crippen LogP) is 4.30. The van der Waals surface area contributed by atoms with E-state index in [1.54, 1.807) is 13.2 Å². The zero-order valence-corrected chi connectivity index (χ0v) is 22.8. The molecule has 1 aliphatic rings. The molecule has 0 radical (unpaired) electrons. The van der Waals surface area contributed by atoms with E-state index in [2.05, 4.69) is 20.2 Å². The summed E-state index contributed by atoms with van der Waals surface area (Å²) in [5.74, 6) is 3.16. The number of piperidine rings is 1. The van der Waals surface area contributed by atoms with Crippen LogP contribution in [-0.4, -0.2) is 79.2 Å². The number of rotatable bonds is 12. The number of hydrogen-bond acceptors (Lipinski definition) is 8. The molecule has 9 heteroatoms. The van der Waals surface area contributed by atoms with E-state index >= 15 is 0 Å². The molecule has 9 nitrogen and oxygen atoms in total. The van der Waals surface area contributed by atoms with E-state index in [9.17, 15) is 4.79 Å². The van der Waals surface area contributed by atoms with Gasteiger partial charge in [0, 0.05) is 45.9 Å². The number of likely N-dealkylation sites (N-methyl/N-ethyl adjacent to an activating group) is 1. The molecule has 1 fully saturated rings. The summed E-state index contributed by atoms with van der Waals surface area (Å²) in [4.78, 5) is 25.3. The summed E-state index contributed by atoms with van der Waals surface area (Å²) in [7, 11) is 3.70. The molecule has 1 aromatic heterocycles. The highest BCUT2D eigenvalue weighted by molar-refractivity contribution is 5.87. The molecule has 0 atom stereocenters. The lowest BCUT2D eigenvalue weighted by molar-refractivity contribution is -0.127. The predicted molar refractivity (Wildman–Crippen MR) is 155 cm³/mol. The summed E-state index contributed by atoms with van der Waals surface area (Å²) >= 11 is 0. The Kier molecular flexibility index (Phi) is 10.3. The van der Waals surface area contributed by atoms with Gasteiger partial charge in [0.25, 0.3) is 0 Å². The fourth-order valence-corrected chi connectivity index (χ4v) is 4.51. The van der Waals surface area contributed by atoms with Crippen molar-refractivity contribution in [2.45, 2.75) is 12.8 Å². The Morgan fingerprint density at radius 2 is 1.82 bits per heavy atom. The fourth-order valence-electron chi connectivity index (χ4n) is 4.51. The quantitative estimate of drug-likeness (QED) is 0.334. The number of benzene rings is 2. The van der Waals surface area contributed by atoms with Gasteiger partial charge in [0.1, 0.15) is 29.5 Å². The Bertz CT molecular complexity index is 1210. The summed E-state index contributed by atoms with van der Waals surface area (Å²) in [6, 6.07) is 17.4. The van der Waals surface area contributed by atoms with E-state index in [1.165, 1.54) is 6.33 Å². The second-order valence-corrected chi connectivity index (χ2v) is 9.73. The van der Waals surface area contributed by atoms with Crippen LogP contribution in [0.3, 0.4) is 0 Å². The van der Waals surface area contributed by atoms with Gasteiger partial charge < -0.3 is 30.3 Å². The number of nitrogens with one attached hydrogen (secondary N) is 1. The lowest BCUT2D eigenvalue weighted by atomic mass is 9.96. The highest BCUT2D eigenvalue weighted by atomic mass is 16.5. The van der Waals surface area contributed by atoms with Crippen LogP contribution in [0, 0.1) is 5.92 Å². The van der Waals surface area contributed by atoms with Gasteiger partial charge in [-0.3, -0.25) is 4.79 Å². The Labute approximate surface area is 230 Å². The number of carbonyl (C=O) groups is 1. The summed E-state index contributed by atoms with van der Waals surface area (Å²) in [6.07, 6.45) is 6.96. The van der Waals surface area contributed by atoms with Crippen molar-refractivity contribution in [2.75, 3.05) is 64.5 Å². The number of para-hydroxylation sites is 1. The number of ether oxygens (including phenoxy) is 2. The minimum atomic E-state index is 0.0760. The van der Waals surface area contributed by atoms with Crippen molar-refractivity contribution in [1.82, 2.24) is 19.8 Å². The largest absolute Gasteiger partial charge is 0.457 e. The summed E-state index contributed by atoms with van der Waals surface area (Å²) in [5.41, 5.74) is 7.96. The van der Waals surface area contributed by atoms with Crippen LogP contribution in [0.25, 0.3) is 11.1 Å². The molecule has 1 saturated heterocycles. The van der Waals surface area contributed by atoms with Crippen LogP contribution in [0.4, 0.5) is 11.6 Å². The van der Waals surface area contributed by atoms with Crippen molar-refractivity contribution in [2.24, 2.45) is 5.92 Å². The van der Waals surface area contributed by atoms with Crippen molar-refractivity contribution in [3.63, 3.8) is 0 Å². The molecule has 1 amide bonds. The highest BCUT2D eigenvalue weighted by Gasteiger charge is 2.22. The minimum Gasteiger partial charge on any atom is -0.457 e. The molecule has 3 aromatic rings. The van der Waals surface area contributed by atoms with Gasteiger partial charge in [-0.25, -0.2) is 9.97 Å². The number of aromatic nitrogens is 2. The first-order chi connectivity index (χ1) is 19.0. The number of carbonyl (C=O) groups excluding carboxylic acids is 1. The van der Waals surface area contributed by atoms with E-state index < -0.39 is 0 Å². The van der Waals surface area contributed by atoms with Gasteiger partial charge >= 0.3 is 0 Å². The molecule has 206 valence electrons. The number of hydrogen-bond donors (Lipinski definition) is 2. The SMILES string of the molecule is COCCN(C)C/C=C/C(=O)N1CCC(CNc2ncnc(N)c2-c2ccc(Oc3ccccc3)cc2)CC1. The number of nitrogen functional groups attached to an aromatic ring is 1. The van der Waals surface area contributed by atoms with Gasteiger partial charge in [-0.1, -0.05) is 36.4 Å². The molecule has 2 heterocycles. The Hall–Kier alpha value is -3.95. The van der Waals surface area contributed by atoms with Crippen molar-refractivity contribution in [1.29, 1.82) is 0 Å². The standard InChI is InChI=1S/C30H38N6O3/c1-35(19-20-38-2)16-6-9-27(37)36-17-14-23(15-18-36)21-32-30-28(29(31)33-22-34-30)24-10-12-26(13-11-24)39-25-7-4-3-5-8-25/h3-13,22-23H,14-21H2,1-2H3,(H3,31,32,33,34)/b9-6+. The van der Waals surface area contributed by atoms with Crippen LogP contribution in [0.1, 0.15) is 12.8 Å². The average molecular weight is 531 g/mol. The van der Waals surface area contributed by atoms with E-state index in [1.807, 2.05) is 72.6 Å². The van der Waals surface area contributed by atoms with Crippen molar-refractivity contribution in [3.05, 3.63) is 73.1 Å². The van der Waals surface area contributed by atoms with Crippen LogP contribution >= 0.6 is 0 Å². The third-order valence-corrected chi connectivity index (χ3v) is 6.84. The van der Waals surface area contributed by atoms with Gasteiger partial charge in [0.15, 0.2) is 0 Å². The molecule has 4 rings (SSSR count). The molecule has 2 aromatic carbocycles. The maximum atomic E-state index is 12.6. The Balaban J connectivity index is 1.29. The Morgan fingerprint density at radius 1 is 1.10 bits per heavy atom. The van der Waals surface area contributed by atoms with Crippen molar-refractivity contribution in [3.8, 4) is 22.6 Å². The van der Waals surface area contributed by atoms with E-state index in [0.717, 1.165) is 68.2 Å². The fraction of sp³-hybridized carbons (Fsp3) is 0.367. The number of nitrogens with zero attached hydrogens (tertiary/aromatic N) is 4. The van der Waals surface area contributed by atoms with Gasteiger partial charge in [0.05, 0.1) is 12.2 Å². The van der Waals surface area contributed by atoms with Crippen LogP contribution in [0.5, 0.6) is 11.5 Å². The minimum absolute atomic E-state index is 0.0760. The number of nitrogens with two attached hydrogens (primary N) is 1.